The second-order valence-electron chi connectivity index (χ2n) is 5.50. The van der Waals surface area contributed by atoms with Crippen LogP contribution in [0.15, 0.2) is 54.6 Å². The number of rotatable bonds is 5. The molecule has 0 radical (unpaired) electrons. The third kappa shape index (κ3) is 3.11. The lowest BCUT2D eigenvalue weighted by Gasteiger charge is -2.12. The highest BCUT2D eigenvalue weighted by atomic mass is 32.1. The Kier molecular flexibility index (Phi) is 4.36. The Balaban J connectivity index is 1.83. The van der Waals surface area contributed by atoms with Crippen molar-refractivity contribution >= 4 is 27.2 Å². The zero-order chi connectivity index (χ0) is 15.5. The van der Waals surface area contributed by atoms with E-state index in [1.165, 1.54) is 26.1 Å². The maximum atomic E-state index is 11.5. The summed E-state index contributed by atoms with van der Waals surface area (Å²) in [4.78, 5) is 12.8. The second-order valence-corrected chi connectivity index (χ2v) is 6.59. The van der Waals surface area contributed by atoms with Crippen molar-refractivity contribution in [3.63, 3.8) is 0 Å². The number of likely N-dealkylation sites (N-methyl/N-ethyl adjacent to an activating group) is 1. The number of carbonyl (C=O) groups excluding carboxylic acids is 1. The van der Waals surface area contributed by atoms with Gasteiger partial charge in [0.25, 0.3) is 0 Å². The molecular weight excluding hydrogens is 290 g/mol. The molecular formula is C19H19NOS. The third-order valence-corrected chi connectivity index (χ3v) is 5.11. The Hall–Kier alpha value is -1.97. The lowest BCUT2D eigenvalue weighted by atomic mass is 10.0. The van der Waals surface area contributed by atoms with E-state index in [1.807, 2.05) is 18.4 Å². The molecule has 2 aromatic carbocycles. The highest BCUT2D eigenvalue weighted by Crippen LogP contribution is 2.33. The predicted octanol–water partition coefficient (Wildman–Crippen LogP) is 4.29. The van der Waals surface area contributed by atoms with Gasteiger partial charge in [0.05, 0.1) is 6.04 Å². The fraction of sp³-hybridized carbons (Fsp3) is 0.211. The molecule has 1 aromatic heterocycles. The van der Waals surface area contributed by atoms with E-state index >= 15 is 0 Å². The van der Waals surface area contributed by atoms with Crippen molar-refractivity contribution in [2.24, 2.45) is 0 Å². The molecule has 0 spiro atoms. The summed E-state index contributed by atoms with van der Waals surface area (Å²) >= 11 is 1.81. The Morgan fingerprint density at radius 2 is 1.86 bits per heavy atom. The largest absolute Gasteiger partial charge is 0.310 e. The van der Waals surface area contributed by atoms with E-state index in [-0.39, 0.29) is 11.8 Å². The first-order valence-corrected chi connectivity index (χ1v) is 8.24. The SMILES string of the molecule is CN[C@@H](Cc1ccc(-c2cc3ccccc3s2)cc1)C(C)=O. The minimum Gasteiger partial charge on any atom is -0.310 e. The zero-order valence-electron chi connectivity index (χ0n) is 12.8. The van der Waals surface area contributed by atoms with Crippen molar-refractivity contribution in [2.75, 3.05) is 7.05 Å². The van der Waals surface area contributed by atoms with Gasteiger partial charge in [-0.2, -0.15) is 0 Å². The summed E-state index contributed by atoms with van der Waals surface area (Å²) in [6.07, 6.45) is 0.735. The summed E-state index contributed by atoms with van der Waals surface area (Å²) < 4.78 is 1.31. The standard InChI is InChI=1S/C19H19NOS/c1-13(21)17(20-2)11-14-7-9-15(10-8-14)19-12-16-5-3-4-6-18(16)22-19/h3-10,12,17,20H,11H2,1-2H3/t17-/m0/s1. The second kappa shape index (κ2) is 6.42. The molecule has 0 aliphatic heterocycles. The van der Waals surface area contributed by atoms with Crippen molar-refractivity contribution in [3.8, 4) is 10.4 Å². The van der Waals surface area contributed by atoms with Crippen LogP contribution >= 0.6 is 11.3 Å². The normalized spacial score (nSPS) is 12.5. The van der Waals surface area contributed by atoms with Crippen LogP contribution in [0.1, 0.15) is 12.5 Å². The maximum Gasteiger partial charge on any atom is 0.147 e. The van der Waals surface area contributed by atoms with E-state index in [2.05, 4.69) is 59.9 Å². The fourth-order valence-electron chi connectivity index (χ4n) is 2.61. The van der Waals surface area contributed by atoms with Gasteiger partial charge in [-0.15, -0.1) is 11.3 Å². The molecule has 2 nitrogen and oxygen atoms in total. The number of thiophene rings is 1. The topological polar surface area (TPSA) is 29.1 Å². The molecule has 3 aromatic rings. The first kappa shape index (κ1) is 14.9. The van der Waals surface area contributed by atoms with Crippen molar-refractivity contribution in [1.82, 2.24) is 5.32 Å². The van der Waals surface area contributed by atoms with Crippen molar-refractivity contribution in [1.29, 1.82) is 0 Å². The number of hydrogen-bond donors (Lipinski definition) is 1. The zero-order valence-corrected chi connectivity index (χ0v) is 13.6. The molecule has 1 N–H and O–H groups in total. The highest BCUT2D eigenvalue weighted by molar-refractivity contribution is 7.22. The van der Waals surface area contributed by atoms with E-state index in [0.29, 0.717) is 0 Å². The van der Waals surface area contributed by atoms with Gasteiger partial charge < -0.3 is 5.32 Å². The maximum absolute atomic E-state index is 11.5. The van der Waals surface area contributed by atoms with Crippen LogP contribution in [-0.4, -0.2) is 18.9 Å². The van der Waals surface area contributed by atoms with Crippen LogP contribution in [0.4, 0.5) is 0 Å². The molecule has 3 rings (SSSR count). The van der Waals surface area contributed by atoms with Crippen molar-refractivity contribution in [3.05, 3.63) is 60.2 Å². The summed E-state index contributed by atoms with van der Waals surface area (Å²) in [5.41, 5.74) is 2.41. The minimum atomic E-state index is -0.102. The highest BCUT2D eigenvalue weighted by Gasteiger charge is 2.12. The van der Waals surface area contributed by atoms with Crippen LogP contribution in [0.3, 0.4) is 0 Å². The monoisotopic (exact) mass is 309 g/mol. The van der Waals surface area contributed by atoms with Gasteiger partial charge in [-0.3, -0.25) is 4.79 Å². The van der Waals surface area contributed by atoms with E-state index < -0.39 is 0 Å². The Morgan fingerprint density at radius 1 is 1.14 bits per heavy atom. The van der Waals surface area contributed by atoms with Gasteiger partial charge in [0.2, 0.25) is 0 Å². The summed E-state index contributed by atoms with van der Waals surface area (Å²) in [7, 11) is 1.83. The van der Waals surface area contributed by atoms with Crippen LogP contribution in [0.5, 0.6) is 0 Å². The van der Waals surface area contributed by atoms with Gasteiger partial charge in [0.15, 0.2) is 0 Å². The molecule has 1 atom stereocenters. The molecule has 22 heavy (non-hydrogen) atoms. The lowest BCUT2D eigenvalue weighted by molar-refractivity contribution is -0.118. The smallest absolute Gasteiger partial charge is 0.147 e. The van der Waals surface area contributed by atoms with Gasteiger partial charge >= 0.3 is 0 Å². The van der Waals surface area contributed by atoms with Crippen LogP contribution in [0.25, 0.3) is 20.5 Å². The van der Waals surface area contributed by atoms with Crippen LogP contribution in [0, 0.1) is 0 Å². The predicted molar refractivity (Wildman–Crippen MR) is 94.5 cm³/mol. The number of benzene rings is 2. The molecule has 0 unspecified atom stereocenters. The third-order valence-electron chi connectivity index (χ3n) is 3.94. The van der Waals surface area contributed by atoms with Crippen molar-refractivity contribution in [2.45, 2.75) is 19.4 Å². The average molecular weight is 309 g/mol. The number of ketones is 1. The number of nitrogens with one attached hydrogen (secondary N) is 1. The molecule has 0 aliphatic carbocycles. The average Bonchev–Trinajstić information content (AvgIpc) is 2.97. The fourth-order valence-corrected chi connectivity index (χ4v) is 3.68. The molecule has 0 bridgehead atoms. The quantitative estimate of drug-likeness (QED) is 0.762. The summed E-state index contributed by atoms with van der Waals surface area (Å²) in [6.45, 7) is 1.63. The van der Waals surface area contributed by atoms with Gasteiger partial charge in [0.1, 0.15) is 5.78 Å². The molecule has 0 saturated heterocycles. The van der Waals surface area contributed by atoms with Crippen LogP contribution in [-0.2, 0) is 11.2 Å². The molecule has 0 saturated carbocycles. The van der Waals surface area contributed by atoms with E-state index in [9.17, 15) is 4.79 Å². The molecule has 112 valence electrons. The first-order valence-electron chi connectivity index (χ1n) is 7.43. The van der Waals surface area contributed by atoms with E-state index in [4.69, 9.17) is 0 Å². The number of hydrogen-bond acceptors (Lipinski definition) is 3. The van der Waals surface area contributed by atoms with Gasteiger partial charge in [-0.25, -0.2) is 0 Å². The summed E-state index contributed by atoms with van der Waals surface area (Å²) in [6, 6.07) is 19.1. The number of Topliss-reactive ketones (excluding diaryl/α,β-unsaturated/α-hetero) is 1. The lowest BCUT2D eigenvalue weighted by Crippen LogP contribution is -2.34. The summed E-state index contributed by atoms with van der Waals surface area (Å²) in [5.74, 6) is 0.177. The van der Waals surface area contributed by atoms with Crippen LogP contribution in [0.2, 0.25) is 0 Å². The number of carbonyl (C=O) groups is 1. The van der Waals surface area contributed by atoms with E-state index in [1.54, 1.807) is 6.92 Å². The molecule has 0 amide bonds. The van der Waals surface area contributed by atoms with Gasteiger partial charge in [0, 0.05) is 9.58 Å². The number of fused-ring (bicyclic) bond motifs is 1. The molecule has 1 heterocycles. The molecule has 0 aliphatic rings. The van der Waals surface area contributed by atoms with Crippen LogP contribution < -0.4 is 5.32 Å². The summed E-state index contributed by atoms with van der Waals surface area (Å²) in [5, 5.41) is 4.36. The Bertz CT molecular complexity index is 756. The minimum absolute atomic E-state index is 0.102. The Morgan fingerprint density at radius 3 is 2.50 bits per heavy atom. The first-order chi connectivity index (χ1) is 10.7. The van der Waals surface area contributed by atoms with Gasteiger partial charge in [-0.05, 0) is 49.0 Å². The molecule has 3 heteroatoms. The van der Waals surface area contributed by atoms with E-state index in [0.717, 1.165) is 6.42 Å². The Labute approximate surface area is 134 Å². The van der Waals surface area contributed by atoms with Crippen molar-refractivity contribution < 1.29 is 4.79 Å². The van der Waals surface area contributed by atoms with Gasteiger partial charge in [-0.1, -0.05) is 42.5 Å². The molecule has 0 fully saturated rings.